The normalized spacial score (nSPS) is 8.91. The Labute approximate surface area is 348 Å². The van der Waals surface area contributed by atoms with Crippen LogP contribution in [-0.4, -0.2) is 0 Å². The predicted molar refractivity (Wildman–Crippen MR) is 182 cm³/mol. The summed E-state index contributed by atoms with van der Waals surface area (Å²) in [5.74, 6) is 0. The van der Waals surface area contributed by atoms with Gasteiger partial charge in [0.2, 0.25) is 0 Å². The molecule has 0 aliphatic carbocycles. The number of hydrogen-bond donors (Lipinski definition) is 0. The zero-order valence-corrected chi connectivity index (χ0v) is 38.3. The standard InChI is InChI=1S/2C11H17.2C9H13.4ClH.2Zr/c2*1-4-5-6-11-7-9(2)10(3)8-11;2*1-3-8-6-5-7-9(8)4-2;;;;;;/h2*7-8H,4-6H2,1-3H3;2*5-7H,3-4H2,1-2H3;4*1H;;/q4*-1;;;;;2*+4/p-4. The minimum atomic E-state index is 0. The zero-order chi connectivity index (χ0) is 29.9. The largest absolute Gasteiger partial charge is 4.00 e. The van der Waals surface area contributed by atoms with Crippen molar-refractivity contribution in [2.75, 3.05) is 0 Å². The number of unbranched alkanes of at least 4 members (excludes halogenated alkanes) is 2. The molecule has 0 aliphatic rings. The minimum Gasteiger partial charge on any atom is -1.00 e. The summed E-state index contributed by atoms with van der Waals surface area (Å²) in [5.41, 5.74) is 14.8. The molecule has 0 N–H and O–H groups in total. The molecule has 0 amide bonds. The molecule has 0 unspecified atom stereocenters. The van der Waals surface area contributed by atoms with Crippen LogP contribution in [0.15, 0.2) is 60.7 Å². The van der Waals surface area contributed by atoms with Crippen LogP contribution in [0.5, 0.6) is 0 Å². The van der Waals surface area contributed by atoms with E-state index < -0.39 is 0 Å². The molecule has 0 heterocycles. The fraction of sp³-hybridized carbons (Fsp3) is 0.500. The number of aryl methyl sites for hydroxylation is 10. The fourth-order valence-corrected chi connectivity index (χ4v) is 5.07. The maximum atomic E-state index is 2.31. The summed E-state index contributed by atoms with van der Waals surface area (Å²) < 4.78 is 0. The summed E-state index contributed by atoms with van der Waals surface area (Å²) in [7, 11) is 0. The summed E-state index contributed by atoms with van der Waals surface area (Å²) >= 11 is 0. The van der Waals surface area contributed by atoms with Gasteiger partial charge in [-0.15, -0.1) is 0 Å². The zero-order valence-electron chi connectivity index (χ0n) is 30.4. The third-order valence-corrected chi connectivity index (χ3v) is 8.03. The van der Waals surface area contributed by atoms with Gasteiger partial charge in [0.1, 0.15) is 0 Å². The van der Waals surface area contributed by atoms with Crippen LogP contribution in [0.3, 0.4) is 0 Å². The summed E-state index contributed by atoms with van der Waals surface area (Å²) in [5, 5.41) is 0. The van der Waals surface area contributed by atoms with E-state index >= 15 is 0 Å². The van der Waals surface area contributed by atoms with E-state index in [1.807, 2.05) is 0 Å². The number of halogens is 4. The Bertz CT molecular complexity index is 1010. The number of hydrogen-bond acceptors (Lipinski definition) is 0. The Morgan fingerprint density at radius 3 is 1.07 bits per heavy atom. The summed E-state index contributed by atoms with van der Waals surface area (Å²) in [6.07, 6.45) is 12.5. The van der Waals surface area contributed by atoms with E-state index in [1.165, 1.54) is 120 Å². The Hall–Kier alpha value is 0.326. The topological polar surface area (TPSA) is 0 Å². The molecule has 0 aromatic heterocycles. The van der Waals surface area contributed by atoms with Gasteiger partial charge >= 0.3 is 52.4 Å². The Morgan fingerprint density at radius 2 is 0.870 bits per heavy atom. The molecule has 256 valence electrons. The van der Waals surface area contributed by atoms with Gasteiger partial charge < -0.3 is 49.6 Å². The Kier molecular flexibility index (Phi) is 44.7. The van der Waals surface area contributed by atoms with Crippen molar-refractivity contribution < 1.29 is 102 Å². The van der Waals surface area contributed by atoms with Crippen molar-refractivity contribution in [3.8, 4) is 0 Å². The molecule has 0 saturated carbocycles. The van der Waals surface area contributed by atoms with E-state index in [2.05, 4.69) is 130 Å². The van der Waals surface area contributed by atoms with Crippen LogP contribution in [0.4, 0.5) is 0 Å². The van der Waals surface area contributed by atoms with Crippen LogP contribution in [0.2, 0.25) is 0 Å². The van der Waals surface area contributed by atoms with E-state index in [0.717, 1.165) is 0 Å². The first-order chi connectivity index (χ1) is 19.2. The van der Waals surface area contributed by atoms with Crippen molar-refractivity contribution in [2.24, 2.45) is 0 Å². The molecule has 4 rings (SSSR count). The van der Waals surface area contributed by atoms with E-state index in [0.29, 0.717) is 0 Å². The predicted octanol–water partition coefficient (Wildman–Crippen LogP) is -0.199. The molecule has 0 saturated heterocycles. The number of rotatable bonds is 10. The smallest absolute Gasteiger partial charge is 1.00 e. The summed E-state index contributed by atoms with van der Waals surface area (Å²) in [4.78, 5) is 0. The third kappa shape index (κ3) is 22.9. The van der Waals surface area contributed by atoms with Crippen molar-refractivity contribution >= 4 is 0 Å². The molecule has 0 bridgehead atoms. The second-order valence-electron chi connectivity index (χ2n) is 11.2. The van der Waals surface area contributed by atoms with Gasteiger partial charge in [0, 0.05) is 0 Å². The molecular weight excluding hydrogens is 805 g/mol. The first-order valence-electron chi connectivity index (χ1n) is 16.2. The van der Waals surface area contributed by atoms with Gasteiger partial charge in [0.25, 0.3) is 0 Å². The quantitative estimate of drug-likeness (QED) is 0.194. The van der Waals surface area contributed by atoms with E-state index in [9.17, 15) is 0 Å². The van der Waals surface area contributed by atoms with Gasteiger partial charge in [0.05, 0.1) is 0 Å². The molecule has 6 heteroatoms. The minimum absolute atomic E-state index is 0. The molecule has 46 heavy (non-hydrogen) atoms. The van der Waals surface area contributed by atoms with Gasteiger partial charge in [0.15, 0.2) is 0 Å². The van der Waals surface area contributed by atoms with Crippen molar-refractivity contribution in [3.63, 3.8) is 0 Å². The maximum Gasteiger partial charge on any atom is 4.00 e. The molecule has 0 atom stereocenters. The van der Waals surface area contributed by atoms with Crippen LogP contribution >= 0.6 is 0 Å². The monoisotopic (exact) mass is 860 g/mol. The van der Waals surface area contributed by atoms with Crippen molar-refractivity contribution in [3.05, 3.63) is 116 Å². The molecule has 0 nitrogen and oxygen atoms in total. The van der Waals surface area contributed by atoms with Crippen molar-refractivity contribution in [2.45, 2.75) is 133 Å². The average molecular weight is 865 g/mol. The molecule has 4 aromatic carbocycles. The molecule has 4 aromatic rings. The third-order valence-electron chi connectivity index (χ3n) is 8.03. The van der Waals surface area contributed by atoms with Crippen LogP contribution in [0, 0.1) is 27.7 Å². The molecule has 0 fully saturated rings. The average Bonchev–Trinajstić information content (AvgIpc) is 3.75. The SMILES string of the molecule is CCCCc1cc(C)[c-](C)c1.CCCCc1cc(C)[c-](C)c1.CCc1ccc[c-]1CC.CCc1ccc[c-]1CC.[Cl-].[Cl-].[Cl-].[Cl-].[Zr+4].[Zr+4]. The summed E-state index contributed by atoms with van der Waals surface area (Å²) in [6.45, 7) is 22.0. The Morgan fingerprint density at radius 1 is 0.543 bits per heavy atom. The van der Waals surface area contributed by atoms with Crippen molar-refractivity contribution in [1.82, 2.24) is 0 Å². The second kappa shape index (κ2) is 35.2. The van der Waals surface area contributed by atoms with Gasteiger partial charge in [-0.3, -0.25) is 0 Å². The first-order valence-corrected chi connectivity index (χ1v) is 16.2. The van der Waals surface area contributed by atoms with Crippen LogP contribution in [0.25, 0.3) is 0 Å². The maximum absolute atomic E-state index is 2.31. The molecule has 0 aliphatic heterocycles. The fourth-order valence-electron chi connectivity index (χ4n) is 5.07. The second-order valence-corrected chi connectivity index (χ2v) is 11.2. The van der Waals surface area contributed by atoms with Crippen LogP contribution < -0.4 is 49.6 Å². The van der Waals surface area contributed by atoms with E-state index in [4.69, 9.17) is 0 Å². The van der Waals surface area contributed by atoms with E-state index in [-0.39, 0.29) is 102 Å². The molecule has 0 radical (unpaired) electrons. The van der Waals surface area contributed by atoms with Crippen LogP contribution in [-0.2, 0) is 90.9 Å². The van der Waals surface area contributed by atoms with Gasteiger partial charge in [-0.1, -0.05) is 133 Å². The molecule has 0 spiro atoms. The molecular formula is C40H60Cl4Zr2. The van der Waals surface area contributed by atoms with Crippen molar-refractivity contribution in [1.29, 1.82) is 0 Å². The van der Waals surface area contributed by atoms with E-state index in [1.54, 1.807) is 0 Å². The van der Waals surface area contributed by atoms with Gasteiger partial charge in [-0.25, -0.2) is 36.4 Å². The summed E-state index contributed by atoms with van der Waals surface area (Å²) in [6, 6.07) is 22.3. The van der Waals surface area contributed by atoms with Gasteiger partial charge in [-0.05, 0) is 0 Å². The Balaban J connectivity index is -0.000000112. The first kappa shape index (κ1) is 58.5. The van der Waals surface area contributed by atoms with Gasteiger partial charge in [-0.2, -0.15) is 79.9 Å². The van der Waals surface area contributed by atoms with Crippen LogP contribution in [0.1, 0.15) is 123 Å².